The molecule has 0 aliphatic carbocycles. The van der Waals surface area contributed by atoms with Crippen molar-refractivity contribution in [2.45, 2.75) is 17.7 Å². The van der Waals surface area contributed by atoms with Gasteiger partial charge in [0.25, 0.3) is 0 Å². The summed E-state index contributed by atoms with van der Waals surface area (Å²) >= 11 is 4.21. The van der Waals surface area contributed by atoms with E-state index in [0.717, 1.165) is 20.3 Å². The van der Waals surface area contributed by atoms with Crippen LogP contribution >= 0.6 is 34.4 Å². The van der Waals surface area contributed by atoms with Crippen LogP contribution in [0.25, 0.3) is 10.2 Å². The van der Waals surface area contributed by atoms with E-state index in [1.165, 1.54) is 34.4 Å². The number of nitrogen functional groups attached to an aromatic ring is 1. The lowest BCUT2D eigenvalue weighted by atomic mass is 10.3. The number of amides is 1. The van der Waals surface area contributed by atoms with Crippen molar-refractivity contribution in [2.24, 2.45) is 0 Å². The third-order valence-electron chi connectivity index (χ3n) is 2.89. The molecule has 0 aliphatic heterocycles. The maximum absolute atomic E-state index is 12.0. The van der Waals surface area contributed by atoms with Gasteiger partial charge < -0.3 is 15.8 Å². The summed E-state index contributed by atoms with van der Waals surface area (Å²) in [6, 6.07) is 5.70. The highest BCUT2D eigenvalue weighted by Crippen LogP contribution is 2.29. The van der Waals surface area contributed by atoms with Gasteiger partial charge in [0.2, 0.25) is 11.0 Å². The summed E-state index contributed by atoms with van der Waals surface area (Å²) in [6.45, 7) is 2.56. The number of anilines is 2. The third-order valence-corrected chi connectivity index (χ3v) is 5.72. The van der Waals surface area contributed by atoms with Crippen molar-refractivity contribution in [3.63, 3.8) is 0 Å². The molecule has 0 saturated heterocycles. The Balaban J connectivity index is 1.54. The van der Waals surface area contributed by atoms with Gasteiger partial charge in [-0.05, 0) is 25.1 Å². The van der Waals surface area contributed by atoms with E-state index in [2.05, 4.69) is 20.5 Å². The standard InChI is InChI=1S/C14H15N5O2S3/c1-2-21-8-3-4-9-10(7-8)23-13(16-9)17-11(20)5-6-22-14-19-18-12(15)24-14/h3-4,7H,2,5-6H2,1H3,(H2,15,18)(H,16,17,20). The van der Waals surface area contributed by atoms with E-state index in [1.807, 2.05) is 25.1 Å². The Morgan fingerprint density at radius 2 is 2.25 bits per heavy atom. The smallest absolute Gasteiger partial charge is 0.226 e. The molecule has 0 radical (unpaired) electrons. The number of thioether (sulfide) groups is 1. The van der Waals surface area contributed by atoms with Crippen molar-refractivity contribution < 1.29 is 9.53 Å². The Morgan fingerprint density at radius 1 is 1.38 bits per heavy atom. The van der Waals surface area contributed by atoms with Crippen LogP contribution < -0.4 is 15.8 Å². The average molecular weight is 382 g/mol. The molecule has 0 spiro atoms. The topological polar surface area (TPSA) is 103 Å². The minimum atomic E-state index is -0.0796. The van der Waals surface area contributed by atoms with E-state index in [1.54, 1.807) is 0 Å². The first-order valence-electron chi connectivity index (χ1n) is 7.19. The van der Waals surface area contributed by atoms with Crippen LogP contribution in [0.1, 0.15) is 13.3 Å². The summed E-state index contributed by atoms with van der Waals surface area (Å²) in [5.74, 6) is 1.34. The first kappa shape index (κ1) is 16.9. The van der Waals surface area contributed by atoms with Crippen molar-refractivity contribution in [3.8, 4) is 5.75 Å². The van der Waals surface area contributed by atoms with Gasteiger partial charge in [0.15, 0.2) is 9.47 Å². The number of rotatable bonds is 7. The lowest BCUT2D eigenvalue weighted by Gasteiger charge is -2.00. The highest BCUT2D eigenvalue weighted by Gasteiger charge is 2.10. The molecule has 3 rings (SSSR count). The summed E-state index contributed by atoms with van der Waals surface area (Å²) in [5.41, 5.74) is 6.36. The molecule has 24 heavy (non-hydrogen) atoms. The summed E-state index contributed by atoms with van der Waals surface area (Å²) < 4.78 is 7.22. The van der Waals surface area contributed by atoms with Crippen molar-refractivity contribution in [2.75, 3.05) is 23.4 Å². The molecule has 1 aromatic carbocycles. The lowest BCUT2D eigenvalue weighted by molar-refractivity contribution is -0.115. The van der Waals surface area contributed by atoms with Crippen LogP contribution in [0.5, 0.6) is 5.75 Å². The molecule has 3 N–H and O–H groups in total. The molecule has 0 bridgehead atoms. The lowest BCUT2D eigenvalue weighted by Crippen LogP contribution is -2.11. The molecule has 3 aromatic rings. The molecule has 7 nitrogen and oxygen atoms in total. The molecule has 126 valence electrons. The van der Waals surface area contributed by atoms with Crippen LogP contribution in [0.4, 0.5) is 10.3 Å². The van der Waals surface area contributed by atoms with Gasteiger partial charge >= 0.3 is 0 Å². The van der Waals surface area contributed by atoms with Gasteiger partial charge in [0.05, 0.1) is 16.8 Å². The van der Waals surface area contributed by atoms with Crippen LogP contribution in [0.15, 0.2) is 22.5 Å². The van der Waals surface area contributed by atoms with E-state index in [9.17, 15) is 4.79 Å². The normalized spacial score (nSPS) is 10.9. The maximum Gasteiger partial charge on any atom is 0.226 e. The number of nitrogens with zero attached hydrogens (tertiary/aromatic N) is 3. The van der Waals surface area contributed by atoms with Crippen LogP contribution in [-0.2, 0) is 4.79 Å². The molecule has 0 atom stereocenters. The minimum Gasteiger partial charge on any atom is -0.494 e. The van der Waals surface area contributed by atoms with E-state index in [0.29, 0.717) is 29.0 Å². The highest BCUT2D eigenvalue weighted by molar-refractivity contribution is 8.01. The van der Waals surface area contributed by atoms with E-state index in [-0.39, 0.29) is 5.91 Å². The predicted molar refractivity (Wildman–Crippen MR) is 99.1 cm³/mol. The Kier molecular flexibility index (Phi) is 5.48. The Bertz CT molecular complexity index is 848. The largest absolute Gasteiger partial charge is 0.494 e. The number of thiazole rings is 1. The fourth-order valence-corrected chi connectivity index (χ4v) is 4.46. The van der Waals surface area contributed by atoms with Gasteiger partial charge in [-0.25, -0.2) is 4.98 Å². The number of nitrogens with two attached hydrogens (primary N) is 1. The third kappa shape index (κ3) is 4.34. The fraction of sp³-hybridized carbons (Fsp3) is 0.286. The summed E-state index contributed by atoms with van der Waals surface area (Å²) in [6.07, 6.45) is 0.365. The second kappa shape index (κ2) is 7.77. The van der Waals surface area contributed by atoms with Crippen LogP contribution in [-0.4, -0.2) is 33.4 Å². The van der Waals surface area contributed by atoms with Gasteiger partial charge in [-0.2, -0.15) is 0 Å². The van der Waals surface area contributed by atoms with Crippen molar-refractivity contribution in [1.82, 2.24) is 15.2 Å². The first-order chi connectivity index (χ1) is 11.6. The van der Waals surface area contributed by atoms with Crippen molar-refractivity contribution in [1.29, 1.82) is 0 Å². The number of benzene rings is 1. The molecule has 2 aromatic heterocycles. The quantitative estimate of drug-likeness (QED) is 0.606. The highest BCUT2D eigenvalue weighted by atomic mass is 32.2. The van der Waals surface area contributed by atoms with Gasteiger partial charge in [0.1, 0.15) is 5.75 Å². The second-order valence-electron chi connectivity index (χ2n) is 4.63. The zero-order valence-corrected chi connectivity index (χ0v) is 15.3. The van der Waals surface area contributed by atoms with Gasteiger partial charge in [0, 0.05) is 12.2 Å². The molecule has 0 saturated carbocycles. The number of ether oxygens (including phenoxy) is 1. The minimum absolute atomic E-state index is 0.0796. The maximum atomic E-state index is 12.0. The van der Waals surface area contributed by atoms with Crippen molar-refractivity contribution in [3.05, 3.63) is 18.2 Å². The molecular formula is C14H15N5O2S3. The second-order valence-corrected chi connectivity index (χ2v) is 8.02. The van der Waals surface area contributed by atoms with E-state index in [4.69, 9.17) is 10.5 Å². The molecule has 2 heterocycles. The van der Waals surface area contributed by atoms with Gasteiger partial charge in [-0.3, -0.25) is 4.79 Å². The Hall–Kier alpha value is -1.91. The molecule has 1 amide bonds. The zero-order chi connectivity index (χ0) is 16.9. The SMILES string of the molecule is CCOc1ccc2nc(NC(=O)CCSc3nnc(N)s3)sc2c1. The van der Waals surface area contributed by atoms with Gasteiger partial charge in [-0.15, -0.1) is 10.2 Å². The number of nitrogens with one attached hydrogen (secondary N) is 1. The fourth-order valence-electron chi connectivity index (χ4n) is 1.91. The molecular weight excluding hydrogens is 366 g/mol. The first-order valence-corrected chi connectivity index (χ1v) is 9.81. The number of aromatic nitrogens is 3. The molecule has 0 fully saturated rings. The van der Waals surface area contributed by atoms with E-state index >= 15 is 0 Å². The Morgan fingerprint density at radius 3 is 3.00 bits per heavy atom. The molecule has 10 heteroatoms. The van der Waals surface area contributed by atoms with Gasteiger partial charge in [-0.1, -0.05) is 34.4 Å². The average Bonchev–Trinajstić information content (AvgIpc) is 3.12. The number of fused-ring (bicyclic) bond motifs is 1. The summed E-state index contributed by atoms with van der Waals surface area (Å²) in [5, 5.41) is 11.5. The number of hydrogen-bond acceptors (Lipinski definition) is 9. The Labute approximate surface area is 150 Å². The molecule has 0 aliphatic rings. The number of hydrogen-bond donors (Lipinski definition) is 2. The predicted octanol–water partition coefficient (Wildman–Crippen LogP) is 3.25. The summed E-state index contributed by atoms with van der Waals surface area (Å²) in [4.78, 5) is 16.4. The van der Waals surface area contributed by atoms with Crippen LogP contribution in [0.2, 0.25) is 0 Å². The number of carbonyl (C=O) groups is 1. The molecule has 0 unspecified atom stereocenters. The number of carbonyl (C=O) groups excluding carboxylic acids is 1. The zero-order valence-electron chi connectivity index (χ0n) is 12.8. The van der Waals surface area contributed by atoms with Crippen LogP contribution in [0.3, 0.4) is 0 Å². The van der Waals surface area contributed by atoms with E-state index < -0.39 is 0 Å². The van der Waals surface area contributed by atoms with Crippen molar-refractivity contribution >= 4 is 60.8 Å². The van der Waals surface area contributed by atoms with Crippen LogP contribution in [0, 0.1) is 0 Å². The monoisotopic (exact) mass is 381 g/mol. The summed E-state index contributed by atoms with van der Waals surface area (Å²) in [7, 11) is 0.